The first-order valence-electron chi connectivity index (χ1n) is 8.74. The van der Waals surface area contributed by atoms with E-state index in [2.05, 4.69) is 38.7 Å². The lowest BCUT2D eigenvalue weighted by molar-refractivity contribution is 0.808. The maximum absolute atomic E-state index is 13.4. The number of hydrogen-bond acceptors (Lipinski definition) is 3. The molecule has 0 radical (unpaired) electrons. The fourth-order valence-corrected chi connectivity index (χ4v) is 4.07. The zero-order valence-electron chi connectivity index (χ0n) is 15.3. The van der Waals surface area contributed by atoms with E-state index in [-0.39, 0.29) is 5.56 Å². The third-order valence-corrected chi connectivity index (χ3v) is 5.61. The third kappa shape index (κ3) is 2.63. The molecule has 0 saturated carbocycles. The summed E-state index contributed by atoms with van der Waals surface area (Å²) in [5.74, 6) is 0. The van der Waals surface area contributed by atoms with Crippen molar-refractivity contribution >= 4 is 33.7 Å². The molecule has 2 heterocycles. The molecule has 0 saturated heterocycles. The Morgan fingerprint density at radius 3 is 2.62 bits per heavy atom. The SMILES string of the molecule is Cc1cccc(-n2c(SC(C)C)nc3c([nH]c4ccccc43)c2=O)c1C. The van der Waals surface area contributed by atoms with Crippen LogP contribution in [0.25, 0.3) is 27.6 Å². The molecule has 0 aliphatic carbocycles. The van der Waals surface area contributed by atoms with Gasteiger partial charge in [0.1, 0.15) is 11.0 Å². The summed E-state index contributed by atoms with van der Waals surface area (Å²) in [7, 11) is 0. The van der Waals surface area contributed by atoms with Crippen LogP contribution in [0.4, 0.5) is 0 Å². The maximum atomic E-state index is 13.4. The highest BCUT2D eigenvalue weighted by Crippen LogP contribution is 2.29. The molecule has 0 unspecified atom stereocenters. The van der Waals surface area contributed by atoms with Crippen LogP contribution < -0.4 is 5.56 Å². The molecule has 0 aliphatic rings. The van der Waals surface area contributed by atoms with Crippen molar-refractivity contribution in [2.45, 2.75) is 38.1 Å². The fourth-order valence-electron chi connectivity index (χ4n) is 3.22. The van der Waals surface area contributed by atoms with Crippen molar-refractivity contribution in [2.24, 2.45) is 0 Å². The largest absolute Gasteiger partial charge is 0.349 e. The van der Waals surface area contributed by atoms with Crippen LogP contribution in [0.2, 0.25) is 0 Å². The Hall–Kier alpha value is -2.53. The lowest BCUT2D eigenvalue weighted by Gasteiger charge is -2.16. The van der Waals surface area contributed by atoms with Crippen molar-refractivity contribution in [1.29, 1.82) is 0 Å². The van der Waals surface area contributed by atoms with Gasteiger partial charge in [0.2, 0.25) is 0 Å². The molecule has 132 valence electrons. The molecule has 26 heavy (non-hydrogen) atoms. The number of benzene rings is 2. The number of hydrogen-bond donors (Lipinski definition) is 1. The number of aromatic nitrogens is 3. The molecule has 0 amide bonds. The zero-order chi connectivity index (χ0) is 18.4. The molecule has 0 spiro atoms. The molecular weight excluding hydrogens is 342 g/mol. The van der Waals surface area contributed by atoms with Gasteiger partial charge in [0.25, 0.3) is 5.56 Å². The minimum Gasteiger partial charge on any atom is -0.349 e. The highest BCUT2D eigenvalue weighted by molar-refractivity contribution is 7.99. The van der Waals surface area contributed by atoms with Gasteiger partial charge in [0.05, 0.1) is 5.69 Å². The lowest BCUT2D eigenvalue weighted by Crippen LogP contribution is -2.23. The summed E-state index contributed by atoms with van der Waals surface area (Å²) in [5.41, 5.74) is 5.33. The second-order valence-electron chi connectivity index (χ2n) is 6.81. The van der Waals surface area contributed by atoms with Gasteiger partial charge in [0, 0.05) is 16.2 Å². The maximum Gasteiger partial charge on any atom is 0.283 e. The monoisotopic (exact) mass is 363 g/mol. The summed E-state index contributed by atoms with van der Waals surface area (Å²) in [4.78, 5) is 21.6. The van der Waals surface area contributed by atoms with Crippen molar-refractivity contribution in [2.75, 3.05) is 0 Å². The highest BCUT2D eigenvalue weighted by atomic mass is 32.2. The molecular formula is C21H21N3OS. The first-order valence-corrected chi connectivity index (χ1v) is 9.62. The summed E-state index contributed by atoms with van der Waals surface area (Å²) in [6, 6.07) is 14.0. The van der Waals surface area contributed by atoms with E-state index in [1.54, 1.807) is 16.3 Å². The standard InChI is InChI=1S/C21H21N3OS/c1-12(2)26-21-23-18-15-9-5-6-10-16(15)22-19(18)20(25)24(21)17-11-7-8-13(3)14(17)4/h5-12,22H,1-4H3. The molecule has 0 fully saturated rings. The molecule has 2 aromatic heterocycles. The number of nitrogens with zero attached hydrogens (tertiary/aromatic N) is 2. The van der Waals surface area contributed by atoms with E-state index in [0.29, 0.717) is 10.8 Å². The third-order valence-electron chi connectivity index (χ3n) is 4.65. The van der Waals surface area contributed by atoms with Crippen LogP contribution in [0.5, 0.6) is 0 Å². The van der Waals surface area contributed by atoms with Crippen molar-refractivity contribution < 1.29 is 0 Å². The fraction of sp³-hybridized carbons (Fsp3) is 0.238. The van der Waals surface area contributed by atoms with Crippen LogP contribution in [0, 0.1) is 13.8 Å². The number of aromatic amines is 1. The van der Waals surface area contributed by atoms with Gasteiger partial charge in [-0.3, -0.25) is 9.36 Å². The molecule has 0 atom stereocenters. The van der Waals surface area contributed by atoms with Gasteiger partial charge in [-0.1, -0.05) is 55.9 Å². The number of fused-ring (bicyclic) bond motifs is 3. The van der Waals surface area contributed by atoms with Crippen LogP contribution in [-0.2, 0) is 0 Å². The molecule has 0 aliphatic heterocycles. The summed E-state index contributed by atoms with van der Waals surface area (Å²) >= 11 is 1.61. The van der Waals surface area contributed by atoms with Gasteiger partial charge >= 0.3 is 0 Å². The lowest BCUT2D eigenvalue weighted by atomic mass is 10.1. The summed E-state index contributed by atoms with van der Waals surface area (Å²) in [6.07, 6.45) is 0. The van der Waals surface area contributed by atoms with E-state index in [1.165, 1.54) is 0 Å². The Balaban J connectivity index is 2.13. The van der Waals surface area contributed by atoms with Gasteiger partial charge in [0.15, 0.2) is 5.16 Å². The van der Waals surface area contributed by atoms with Crippen LogP contribution in [0.3, 0.4) is 0 Å². The van der Waals surface area contributed by atoms with Crippen LogP contribution >= 0.6 is 11.8 Å². The normalized spacial score (nSPS) is 11.7. The molecule has 5 heteroatoms. The van der Waals surface area contributed by atoms with Crippen molar-refractivity contribution in [3.8, 4) is 5.69 Å². The van der Waals surface area contributed by atoms with Crippen molar-refractivity contribution in [3.05, 3.63) is 63.9 Å². The number of thioether (sulfide) groups is 1. The topological polar surface area (TPSA) is 50.7 Å². The van der Waals surface area contributed by atoms with E-state index >= 15 is 0 Å². The molecule has 2 aromatic carbocycles. The first-order chi connectivity index (χ1) is 12.5. The van der Waals surface area contributed by atoms with E-state index in [9.17, 15) is 4.79 Å². The van der Waals surface area contributed by atoms with Crippen LogP contribution in [0.15, 0.2) is 52.4 Å². The Labute approximate surface area is 156 Å². The second kappa shape index (κ2) is 6.32. The second-order valence-corrected chi connectivity index (χ2v) is 8.36. The average Bonchev–Trinajstić information content (AvgIpc) is 2.97. The van der Waals surface area contributed by atoms with Gasteiger partial charge < -0.3 is 4.98 Å². The Morgan fingerprint density at radius 1 is 1.08 bits per heavy atom. The molecule has 4 aromatic rings. The smallest absolute Gasteiger partial charge is 0.283 e. The quantitative estimate of drug-likeness (QED) is 0.412. The molecule has 1 N–H and O–H groups in total. The highest BCUT2D eigenvalue weighted by Gasteiger charge is 2.19. The van der Waals surface area contributed by atoms with Crippen molar-refractivity contribution in [1.82, 2.24) is 14.5 Å². The van der Waals surface area contributed by atoms with Crippen LogP contribution in [-0.4, -0.2) is 19.8 Å². The van der Waals surface area contributed by atoms with Crippen LogP contribution in [0.1, 0.15) is 25.0 Å². The predicted octanol–water partition coefficient (Wildman–Crippen LogP) is 4.98. The summed E-state index contributed by atoms with van der Waals surface area (Å²) in [6.45, 7) is 8.34. The van der Waals surface area contributed by atoms with Gasteiger partial charge in [-0.25, -0.2) is 4.98 Å². The number of rotatable bonds is 3. The average molecular weight is 363 g/mol. The number of para-hydroxylation sites is 1. The number of aryl methyl sites for hydroxylation is 1. The molecule has 4 rings (SSSR count). The Bertz CT molecular complexity index is 1190. The molecule has 4 nitrogen and oxygen atoms in total. The van der Waals surface area contributed by atoms with E-state index in [1.807, 2.05) is 36.4 Å². The summed E-state index contributed by atoms with van der Waals surface area (Å²) < 4.78 is 1.75. The first kappa shape index (κ1) is 16.9. The molecule has 0 bridgehead atoms. The van der Waals surface area contributed by atoms with Gasteiger partial charge in [-0.2, -0.15) is 0 Å². The van der Waals surface area contributed by atoms with E-state index in [0.717, 1.165) is 38.4 Å². The Kier molecular flexibility index (Phi) is 4.11. The minimum atomic E-state index is -0.0527. The Morgan fingerprint density at radius 2 is 1.85 bits per heavy atom. The minimum absolute atomic E-state index is 0.0527. The van der Waals surface area contributed by atoms with Gasteiger partial charge in [-0.05, 0) is 37.1 Å². The zero-order valence-corrected chi connectivity index (χ0v) is 16.1. The number of H-pyrrole nitrogens is 1. The van der Waals surface area contributed by atoms with Gasteiger partial charge in [-0.15, -0.1) is 0 Å². The van der Waals surface area contributed by atoms with E-state index < -0.39 is 0 Å². The predicted molar refractivity (Wildman–Crippen MR) is 110 cm³/mol. The number of nitrogens with one attached hydrogen (secondary N) is 1. The summed E-state index contributed by atoms with van der Waals surface area (Å²) in [5, 5.41) is 2.04. The van der Waals surface area contributed by atoms with Crippen molar-refractivity contribution in [3.63, 3.8) is 0 Å². The van der Waals surface area contributed by atoms with E-state index in [4.69, 9.17) is 4.98 Å².